The minimum Gasteiger partial charge on any atom is -0.492 e. The van der Waals surface area contributed by atoms with Gasteiger partial charge in [-0.15, -0.1) is 0 Å². The highest BCUT2D eigenvalue weighted by Gasteiger charge is 2.14. The van der Waals surface area contributed by atoms with Crippen molar-refractivity contribution < 1.29 is 9.13 Å². The summed E-state index contributed by atoms with van der Waals surface area (Å²) in [5, 5.41) is 0. The highest BCUT2D eigenvalue weighted by Crippen LogP contribution is 2.28. The first-order chi connectivity index (χ1) is 7.75. The van der Waals surface area contributed by atoms with Crippen LogP contribution < -0.4 is 4.74 Å². The van der Waals surface area contributed by atoms with E-state index in [0.717, 1.165) is 12.4 Å². The van der Waals surface area contributed by atoms with E-state index in [-0.39, 0.29) is 5.82 Å². The molecule has 1 aliphatic rings. The maximum atomic E-state index is 12.9. The van der Waals surface area contributed by atoms with Gasteiger partial charge in [0.25, 0.3) is 0 Å². The Labute approximate surface area is 104 Å². The van der Waals surface area contributed by atoms with Crippen molar-refractivity contribution in [2.75, 3.05) is 6.61 Å². The van der Waals surface area contributed by atoms with Crippen LogP contribution in [0.15, 0.2) is 22.7 Å². The lowest BCUT2D eigenvalue weighted by Gasteiger charge is -2.21. The van der Waals surface area contributed by atoms with E-state index in [1.54, 1.807) is 6.07 Å². The fourth-order valence-corrected chi connectivity index (χ4v) is 2.62. The highest BCUT2D eigenvalue weighted by molar-refractivity contribution is 9.10. The summed E-state index contributed by atoms with van der Waals surface area (Å²) >= 11 is 3.31. The zero-order chi connectivity index (χ0) is 11.4. The Kier molecular flexibility index (Phi) is 4.22. The summed E-state index contributed by atoms with van der Waals surface area (Å²) in [6, 6.07) is 4.55. The predicted octanol–water partition coefficient (Wildman–Crippen LogP) is 4.55. The molecule has 1 nitrogen and oxygen atoms in total. The van der Waals surface area contributed by atoms with Gasteiger partial charge in [-0.2, -0.15) is 0 Å². The van der Waals surface area contributed by atoms with Gasteiger partial charge in [-0.05, 0) is 52.9 Å². The molecule has 0 heterocycles. The number of halogens is 2. The Morgan fingerprint density at radius 2 is 2.00 bits per heavy atom. The third-order valence-corrected chi connectivity index (χ3v) is 3.71. The molecule has 1 fully saturated rings. The molecular weight excluding hydrogens is 271 g/mol. The van der Waals surface area contributed by atoms with E-state index in [1.165, 1.54) is 44.2 Å². The van der Waals surface area contributed by atoms with E-state index in [2.05, 4.69) is 15.9 Å². The Bertz CT molecular complexity index is 348. The first-order valence-electron chi connectivity index (χ1n) is 5.83. The number of rotatable bonds is 3. The molecule has 1 saturated carbocycles. The van der Waals surface area contributed by atoms with Gasteiger partial charge in [-0.25, -0.2) is 4.39 Å². The minimum atomic E-state index is -0.239. The molecular formula is C13H16BrFO. The molecule has 0 aromatic heterocycles. The van der Waals surface area contributed by atoms with Gasteiger partial charge in [0, 0.05) is 0 Å². The molecule has 1 aromatic rings. The molecule has 1 aliphatic carbocycles. The molecule has 0 aliphatic heterocycles. The standard InChI is InChI=1S/C13H16BrFO/c14-12-8-11(15)6-7-13(12)16-9-10-4-2-1-3-5-10/h6-8,10H,1-5,9H2. The van der Waals surface area contributed by atoms with Crippen LogP contribution in [0.2, 0.25) is 0 Å². The van der Waals surface area contributed by atoms with Gasteiger partial charge in [0.15, 0.2) is 0 Å². The van der Waals surface area contributed by atoms with Gasteiger partial charge in [-0.1, -0.05) is 19.3 Å². The molecule has 88 valence electrons. The summed E-state index contributed by atoms with van der Waals surface area (Å²) in [5.74, 6) is 1.18. The quantitative estimate of drug-likeness (QED) is 0.792. The number of hydrogen-bond acceptors (Lipinski definition) is 1. The SMILES string of the molecule is Fc1ccc(OCC2CCCCC2)c(Br)c1. The van der Waals surface area contributed by atoms with Crippen LogP contribution in [-0.4, -0.2) is 6.61 Å². The third kappa shape index (κ3) is 3.21. The largest absolute Gasteiger partial charge is 0.492 e. The molecule has 0 N–H and O–H groups in total. The topological polar surface area (TPSA) is 9.23 Å². The fraction of sp³-hybridized carbons (Fsp3) is 0.538. The van der Waals surface area contributed by atoms with Crippen LogP contribution in [0.5, 0.6) is 5.75 Å². The van der Waals surface area contributed by atoms with Crippen molar-refractivity contribution in [2.24, 2.45) is 5.92 Å². The van der Waals surface area contributed by atoms with E-state index in [9.17, 15) is 4.39 Å². The fourth-order valence-electron chi connectivity index (χ4n) is 2.15. The maximum absolute atomic E-state index is 12.9. The Morgan fingerprint density at radius 1 is 1.25 bits per heavy atom. The maximum Gasteiger partial charge on any atom is 0.133 e. The number of hydrogen-bond donors (Lipinski definition) is 0. The molecule has 16 heavy (non-hydrogen) atoms. The van der Waals surface area contributed by atoms with E-state index < -0.39 is 0 Å². The van der Waals surface area contributed by atoms with E-state index in [4.69, 9.17) is 4.74 Å². The van der Waals surface area contributed by atoms with E-state index >= 15 is 0 Å². The Balaban J connectivity index is 1.88. The smallest absolute Gasteiger partial charge is 0.133 e. The molecule has 0 amide bonds. The van der Waals surface area contributed by atoms with Crippen molar-refractivity contribution in [1.29, 1.82) is 0 Å². The van der Waals surface area contributed by atoms with Crippen molar-refractivity contribution in [3.05, 3.63) is 28.5 Å². The zero-order valence-corrected chi connectivity index (χ0v) is 10.8. The first-order valence-corrected chi connectivity index (χ1v) is 6.63. The van der Waals surface area contributed by atoms with Crippen LogP contribution in [0.4, 0.5) is 4.39 Å². The first kappa shape index (κ1) is 11.9. The van der Waals surface area contributed by atoms with Gasteiger partial charge in [-0.3, -0.25) is 0 Å². The molecule has 0 bridgehead atoms. The summed E-state index contributed by atoms with van der Waals surface area (Å²) in [6.07, 6.45) is 6.52. The monoisotopic (exact) mass is 286 g/mol. The van der Waals surface area contributed by atoms with Gasteiger partial charge in [0.1, 0.15) is 11.6 Å². The van der Waals surface area contributed by atoms with Gasteiger partial charge in [0.05, 0.1) is 11.1 Å². The number of benzene rings is 1. The van der Waals surface area contributed by atoms with Gasteiger partial charge >= 0.3 is 0 Å². The van der Waals surface area contributed by atoms with Crippen molar-refractivity contribution >= 4 is 15.9 Å². The van der Waals surface area contributed by atoms with Gasteiger partial charge in [0.2, 0.25) is 0 Å². The normalized spacial score (nSPS) is 17.4. The Hall–Kier alpha value is -0.570. The van der Waals surface area contributed by atoms with E-state index in [1.807, 2.05) is 0 Å². The molecule has 1 aromatic carbocycles. The third-order valence-electron chi connectivity index (χ3n) is 3.09. The molecule has 0 atom stereocenters. The summed E-state index contributed by atoms with van der Waals surface area (Å²) in [7, 11) is 0. The molecule has 0 saturated heterocycles. The van der Waals surface area contributed by atoms with Crippen LogP contribution in [0.25, 0.3) is 0 Å². The average molecular weight is 287 g/mol. The second-order valence-electron chi connectivity index (χ2n) is 4.39. The van der Waals surface area contributed by atoms with Crippen LogP contribution in [0, 0.1) is 11.7 Å². The van der Waals surface area contributed by atoms with Crippen LogP contribution in [-0.2, 0) is 0 Å². The van der Waals surface area contributed by atoms with Crippen LogP contribution >= 0.6 is 15.9 Å². The lowest BCUT2D eigenvalue weighted by atomic mass is 9.90. The second-order valence-corrected chi connectivity index (χ2v) is 5.24. The molecule has 3 heteroatoms. The van der Waals surface area contributed by atoms with Crippen molar-refractivity contribution in [1.82, 2.24) is 0 Å². The predicted molar refractivity (Wildman–Crippen MR) is 66.2 cm³/mol. The van der Waals surface area contributed by atoms with Crippen LogP contribution in [0.1, 0.15) is 32.1 Å². The highest BCUT2D eigenvalue weighted by atomic mass is 79.9. The lowest BCUT2D eigenvalue weighted by Crippen LogP contribution is -2.15. The average Bonchev–Trinajstić information content (AvgIpc) is 2.29. The summed E-state index contributed by atoms with van der Waals surface area (Å²) in [5.41, 5.74) is 0. The number of ether oxygens (including phenoxy) is 1. The molecule has 0 unspecified atom stereocenters. The van der Waals surface area contributed by atoms with E-state index in [0.29, 0.717) is 10.4 Å². The Morgan fingerprint density at radius 3 is 2.69 bits per heavy atom. The molecule has 0 spiro atoms. The van der Waals surface area contributed by atoms with Crippen LogP contribution in [0.3, 0.4) is 0 Å². The summed E-state index contributed by atoms with van der Waals surface area (Å²) < 4.78 is 19.3. The molecule has 0 radical (unpaired) electrons. The van der Waals surface area contributed by atoms with Gasteiger partial charge < -0.3 is 4.74 Å². The minimum absolute atomic E-state index is 0.239. The molecule has 2 rings (SSSR count). The zero-order valence-electron chi connectivity index (χ0n) is 9.22. The van der Waals surface area contributed by atoms with Crippen molar-refractivity contribution in [3.8, 4) is 5.75 Å². The summed E-state index contributed by atoms with van der Waals surface area (Å²) in [4.78, 5) is 0. The second kappa shape index (κ2) is 5.67. The lowest BCUT2D eigenvalue weighted by molar-refractivity contribution is 0.207. The summed E-state index contributed by atoms with van der Waals surface area (Å²) in [6.45, 7) is 0.754. The van der Waals surface area contributed by atoms with Crippen molar-refractivity contribution in [3.63, 3.8) is 0 Å². The van der Waals surface area contributed by atoms with Crippen molar-refractivity contribution in [2.45, 2.75) is 32.1 Å².